The van der Waals surface area contributed by atoms with Crippen molar-refractivity contribution in [1.82, 2.24) is 0 Å². The summed E-state index contributed by atoms with van der Waals surface area (Å²) in [6.45, 7) is 3.69. The highest BCUT2D eigenvalue weighted by Crippen LogP contribution is 2.30. The van der Waals surface area contributed by atoms with Gasteiger partial charge in [-0.3, -0.25) is 9.10 Å². The van der Waals surface area contributed by atoms with Gasteiger partial charge in [-0.25, -0.2) is 8.42 Å². The molecule has 31 heavy (non-hydrogen) atoms. The number of nitrogens with zero attached hydrogens (tertiary/aromatic N) is 1. The van der Waals surface area contributed by atoms with Gasteiger partial charge in [0.25, 0.3) is 15.9 Å². The normalized spacial score (nSPS) is 10.9. The zero-order valence-corrected chi connectivity index (χ0v) is 18.4. The number of carbonyl (C=O) groups excluding carboxylic acids is 1. The van der Waals surface area contributed by atoms with Crippen LogP contribution in [0.4, 0.5) is 11.4 Å². The van der Waals surface area contributed by atoms with E-state index in [2.05, 4.69) is 11.9 Å². The van der Waals surface area contributed by atoms with Gasteiger partial charge in [0.2, 0.25) is 0 Å². The number of amides is 1. The number of hydrogen-bond acceptors (Lipinski definition) is 4. The summed E-state index contributed by atoms with van der Waals surface area (Å²) in [7, 11) is -2.57. The number of nitrogens with one attached hydrogen (secondary N) is 1. The first-order valence-electron chi connectivity index (χ1n) is 9.31. The topological polar surface area (TPSA) is 75.7 Å². The zero-order chi connectivity index (χ0) is 22.4. The van der Waals surface area contributed by atoms with Gasteiger partial charge in [-0.15, -0.1) is 6.58 Å². The van der Waals surface area contributed by atoms with Crippen molar-refractivity contribution in [3.8, 4) is 5.75 Å². The lowest BCUT2D eigenvalue weighted by molar-refractivity contribution is 0.102. The number of benzene rings is 3. The second-order valence-corrected chi connectivity index (χ2v) is 8.70. The Hall–Kier alpha value is -3.29. The molecule has 0 aromatic heterocycles. The smallest absolute Gasteiger partial charge is 0.266 e. The van der Waals surface area contributed by atoms with E-state index in [0.717, 1.165) is 0 Å². The standard InChI is InChI=1S/C23H21ClN2O4S/c1-3-15-26(18-9-5-4-6-10-18)31(28,29)22-16-17(13-14-19(22)24)23(27)25-20-11-7-8-12-21(20)30-2/h3-14,16H,1,15H2,2H3,(H,25,27). The predicted molar refractivity (Wildman–Crippen MR) is 124 cm³/mol. The molecule has 6 nitrogen and oxygen atoms in total. The minimum Gasteiger partial charge on any atom is -0.495 e. The van der Waals surface area contributed by atoms with E-state index in [1.807, 2.05) is 0 Å². The molecule has 0 aliphatic rings. The van der Waals surface area contributed by atoms with Crippen LogP contribution in [-0.4, -0.2) is 28.0 Å². The number of sulfonamides is 1. The van der Waals surface area contributed by atoms with Crippen LogP contribution in [0, 0.1) is 0 Å². The van der Waals surface area contributed by atoms with Crippen molar-refractivity contribution in [3.05, 3.63) is 96.0 Å². The summed E-state index contributed by atoms with van der Waals surface area (Å²) >= 11 is 6.24. The van der Waals surface area contributed by atoms with E-state index in [1.165, 1.54) is 35.7 Å². The number of hydrogen-bond donors (Lipinski definition) is 1. The third kappa shape index (κ3) is 4.90. The molecule has 0 unspecified atom stereocenters. The van der Waals surface area contributed by atoms with Crippen LogP contribution < -0.4 is 14.4 Å². The van der Waals surface area contributed by atoms with Gasteiger partial charge >= 0.3 is 0 Å². The minimum absolute atomic E-state index is 0.0128. The van der Waals surface area contributed by atoms with Crippen LogP contribution in [0.5, 0.6) is 5.75 Å². The van der Waals surface area contributed by atoms with Crippen LogP contribution in [0.25, 0.3) is 0 Å². The fourth-order valence-corrected chi connectivity index (χ4v) is 4.90. The van der Waals surface area contributed by atoms with Crippen molar-refractivity contribution in [3.63, 3.8) is 0 Å². The lowest BCUT2D eigenvalue weighted by Gasteiger charge is -2.24. The summed E-state index contributed by atoms with van der Waals surface area (Å²) < 4.78 is 33.3. The average molecular weight is 457 g/mol. The van der Waals surface area contributed by atoms with Gasteiger partial charge < -0.3 is 10.1 Å². The molecule has 1 amide bonds. The maximum absolute atomic E-state index is 13.4. The molecular weight excluding hydrogens is 436 g/mol. The third-order valence-corrected chi connectivity index (χ3v) is 6.73. The molecule has 0 atom stereocenters. The highest BCUT2D eigenvalue weighted by atomic mass is 35.5. The summed E-state index contributed by atoms with van der Waals surface area (Å²) in [6.07, 6.45) is 1.48. The van der Waals surface area contributed by atoms with Crippen molar-refractivity contribution < 1.29 is 17.9 Å². The molecule has 3 aromatic rings. The molecule has 0 heterocycles. The van der Waals surface area contributed by atoms with Gasteiger partial charge in [-0.05, 0) is 42.5 Å². The lowest BCUT2D eigenvalue weighted by Crippen LogP contribution is -2.31. The molecule has 8 heteroatoms. The van der Waals surface area contributed by atoms with E-state index in [-0.39, 0.29) is 22.0 Å². The highest BCUT2D eigenvalue weighted by molar-refractivity contribution is 7.93. The second-order valence-electron chi connectivity index (χ2n) is 6.46. The van der Waals surface area contributed by atoms with Crippen molar-refractivity contribution in [2.24, 2.45) is 0 Å². The second kappa shape index (κ2) is 9.68. The van der Waals surface area contributed by atoms with Crippen molar-refractivity contribution in [2.45, 2.75) is 4.90 Å². The minimum atomic E-state index is -4.06. The molecule has 3 rings (SSSR count). The summed E-state index contributed by atoms with van der Waals surface area (Å²) in [5.41, 5.74) is 1.06. The van der Waals surface area contributed by atoms with Gasteiger partial charge in [0.1, 0.15) is 10.6 Å². The van der Waals surface area contributed by atoms with E-state index in [9.17, 15) is 13.2 Å². The molecular formula is C23H21ClN2O4S. The van der Waals surface area contributed by atoms with Crippen molar-refractivity contribution in [1.29, 1.82) is 0 Å². The Bertz CT molecular complexity index is 1200. The molecule has 0 spiro atoms. The first-order chi connectivity index (χ1) is 14.9. The lowest BCUT2D eigenvalue weighted by atomic mass is 10.2. The predicted octanol–water partition coefficient (Wildman–Crippen LogP) is 4.98. The van der Waals surface area contributed by atoms with Crippen molar-refractivity contribution in [2.75, 3.05) is 23.3 Å². The highest BCUT2D eigenvalue weighted by Gasteiger charge is 2.27. The quantitative estimate of drug-likeness (QED) is 0.485. The average Bonchev–Trinajstić information content (AvgIpc) is 2.78. The van der Waals surface area contributed by atoms with Crippen LogP contribution in [0.1, 0.15) is 10.4 Å². The van der Waals surface area contributed by atoms with E-state index in [1.54, 1.807) is 54.6 Å². The number of methoxy groups -OCH3 is 1. The Kier molecular flexibility index (Phi) is 6.99. The number of anilines is 2. The number of carbonyl (C=O) groups is 1. The zero-order valence-electron chi connectivity index (χ0n) is 16.8. The SMILES string of the molecule is C=CCN(c1ccccc1)S(=O)(=O)c1cc(C(=O)Nc2ccccc2OC)ccc1Cl. The summed E-state index contributed by atoms with van der Waals surface area (Å²) in [5, 5.41) is 2.74. The first-order valence-corrected chi connectivity index (χ1v) is 11.1. The molecule has 0 fully saturated rings. The van der Waals surface area contributed by atoms with Gasteiger partial charge in [-0.1, -0.05) is 48.0 Å². The Morgan fingerprint density at radius 2 is 1.77 bits per heavy atom. The Labute approximate surface area is 186 Å². The monoisotopic (exact) mass is 456 g/mol. The van der Waals surface area contributed by atoms with Gasteiger partial charge in [-0.2, -0.15) is 0 Å². The molecule has 0 aliphatic carbocycles. The number of halogens is 1. The summed E-state index contributed by atoms with van der Waals surface area (Å²) in [5.74, 6) is -0.00788. The molecule has 0 aliphatic heterocycles. The van der Waals surface area contributed by atoms with Crippen LogP contribution in [-0.2, 0) is 10.0 Å². The Balaban J connectivity index is 1.99. The number of rotatable bonds is 8. The van der Waals surface area contributed by atoms with Gasteiger partial charge in [0.15, 0.2) is 0 Å². The summed E-state index contributed by atoms with van der Waals surface area (Å²) in [4.78, 5) is 12.6. The van der Waals surface area contributed by atoms with Gasteiger partial charge in [0, 0.05) is 5.56 Å². The van der Waals surface area contributed by atoms with Crippen molar-refractivity contribution >= 4 is 38.9 Å². The largest absolute Gasteiger partial charge is 0.495 e. The van der Waals surface area contributed by atoms with E-state index >= 15 is 0 Å². The van der Waals surface area contributed by atoms with E-state index in [0.29, 0.717) is 17.1 Å². The maximum atomic E-state index is 13.4. The Morgan fingerprint density at radius 3 is 2.45 bits per heavy atom. The molecule has 1 N–H and O–H groups in total. The van der Waals surface area contributed by atoms with E-state index < -0.39 is 15.9 Å². The van der Waals surface area contributed by atoms with Crippen LogP contribution in [0.15, 0.2) is 90.3 Å². The molecule has 3 aromatic carbocycles. The molecule has 0 bridgehead atoms. The fourth-order valence-electron chi connectivity index (χ4n) is 2.96. The maximum Gasteiger partial charge on any atom is 0.266 e. The van der Waals surface area contributed by atoms with Crippen LogP contribution in [0.2, 0.25) is 5.02 Å². The summed E-state index contributed by atoms with van der Waals surface area (Å²) in [6, 6.07) is 19.7. The molecule has 0 saturated carbocycles. The number of ether oxygens (including phenoxy) is 1. The molecule has 0 radical (unpaired) electrons. The van der Waals surface area contributed by atoms with Crippen LogP contribution >= 0.6 is 11.6 Å². The first kappa shape index (κ1) is 22.4. The molecule has 0 saturated heterocycles. The number of para-hydroxylation sites is 3. The van der Waals surface area contributed by atoms with E-state index in [4.69, 9.17) is 16.3 Å². The molecule has 160 valence electrons. The Morgan fingerprint density at radius 1 is 1.10 bits per heavy atom. The fraction of sp³-hybridized carbons (Fsp3) is 0.0870. The van der Waals surface area contributed by atoms with Gasteiger partial charge in [0.05, 0.1) is 30.1 Å². The third-order valence-electron chi connectivity index (χ3n) is 4.46. The van der Waals surface area contributed by atoms with Crippen LogP contribution in [0.3, 0.4) is 0 Å².